The van der Waals surface area contributed by atoms with Crippen LogP contribution in [-0.4, -0.2) is 50.1 Å². The molecule has 1 aliphatic heterocycles. The van der Waals surface area contributed by atoms with E-state index in [1.54, 1.807) is 13.2 Å². The third kappa shape index (κ3) is 4.54. The van der Waals surface area contributed by atoms with Gasteiger partial charge in [0.2, 0.25) is 10.0 Å². The highest BCUT2D eigenvalue weighted by atomic mass is 32.2. The molecule has 1 aromatic heterocycles. The Balaban J connectivity index is 1.85. The molecule has 0 bridgehead atoms. The van der Waals surface area contributed by atoms with Crippen LogP contribution in [0.4, 0.5) is 0 Å². The van der Waals surface area contributed by atoms with Crippen LogP contribution in [0.2, 0.25) is 0 Å². The van der Waals surface area contributed by atoms with Crippen molar-refractivity contribution in [3.8, 4) is 0 Å². The SMILES string of the molecule is CN(CCc1ccccn1)S(=O)(=O)CC1CCCNC1. The van der Waals surface area contributed by atoms with E-state index in [1.807, 2.05) is 18.2 Å². The minimum Gasteiger partial charge on any atom is -0.316 e. The van der Waals surface area contributed by atoms with Gasteiger partial charge < -0.3 is 5.32 Å². The molecule has 0 aromatic carbocycles. The Hall–Kier alpha value is -0.980. The van der Waals surface area contributed by atoms with Gasteiger partial charge >= 0.3 is 0 Å². The molecule has 1 atom stereocenters. The van der Waals surface area contributed by atoms with Gasteiger partial charge in [0.15, 0.2) is 0 Å². The molecular formula is C14H23N3O2S. The van der Waals surface area contributed by atoms with Crippen LogP contribution in [0, 0.1) is 5.92 Å². The summed E-state index contributed by atoms with van der Waals surface area (Å²) in [5.41, 5.74) is 0.925. The molecule has 1 aromatic rings. The lowest BCUT2D eigenvalue weighted by Gasteiger charge is -2.25. The van der Waals surface area contributed by atoms with Crippen molar-refractivity contribution in [1.29, 1.82) is 0 Å². The number of nitrogens with zero attached hydrogens (tertiary/aromatic N) is 2. The quantitative estimate of drug-likeness (QED) is 0.847. The Kier molecular flexibility index (Phi) is 5.51. The Labute approximate surface area is 121 Å². The first-order valence-electron chi connectivity index (χ1n) is 7.12. The van der Waals surface area contributed by atoms with Gasteiger partial charge in [0.25, 0.3) is 0 Å². The molecule has 0 amide bonds. The zero-order chi connectivity index (χ0) is 14.4. The number of rotatable bonds is 6. The summed E-state index contributed by atoms with van der Waals surface area (Å²) in [4.78, 5) is 4.22. The van der Waals surface area contributed by atoms with Gasteiger partial charge in [-0.2, -0.15) is 0 Å². The molecule has 0 saturated carbocycles. The predicted octanol–water partition coefficient (Wildman–Crippen LogP) is 0.885. The van der Waals surface area contributed by atoms with Gasteiger partial charge in [-0.05, 0) is 44.0 Å². The molecular weight excluding hydrogens is 274 g/mol. The van der Waals surface area contributed by atoms with Crippen molar-refractivity contribution in [2.75, 3.05) is 32.4 Å². The standard InChI is InChI=1S/C14H23N3O2S/c1-17(10-7-14-6-2-3-9-16-14)20(18,19)12-13-5-4-8-15-11-13/h2-3,6,9,13,15H,4-5,7-8,10-12H2,1H3. The smallest absolute Gasteiger partial charge is 0.214 e. The molecule has 112 valence electrons. The summed E-state index contributed by atoms with van der Waals surface area (Å²) in [5.74, 6) is 0.490. The Morgan fingerprint density at radius 1 is 1.45 bits per heavy atom. The normalized spacial score (nSPS) is 20.2. The maximum Gasteiger partial charge on any atom is 0.214 e. The summed E-state index contributed by atoms with van der Waals surface area (Å²) < 4.78 is 26.1. The molecule has 5 nitrogen and oxygen atoms in total. The van der Waals surface area contributed by atoms with Crippen LogP contribution in [0.15, 0.2) is 24.4 Å². The fraction of sp³-hybridized carbons (Fsp3) is 0.643. The van der Waals surface area contributed by atoms with Crippen LogP contribution < -0.4 is 5.32 Å². The van der Waals surface area contributed by atoms with Crippen LogP contribution in [0.25, 0.3) is 0 Å². The van der Waals surface area contributed by atoms with E-state index in [0.29, 0.717) is 13.0 Å². The number of piperidine rings is 1. The second-order valence-electron chi connectivity index (χ2n) is 5.38. The highest BCUT2D eigenvalue weighted by Gasteiger charge is 2.24. The van der Waals surface area contributed by atoms with Gasteiger partial charge in [0, 0.05) is 31.9 Å². The lowest BCUT2D eigenvalue weighted by molar-refractivity contribution is 0.392. The van der Waals surface area contributed by atoms with Gasteiger partial charge in [-0.25, -0.2) is 12.7 Å². The fourth-order valence-corrected chi connectivity index (χ4v) is 3.95. The van der Waals surface area contributed by atoms with Crippen LogP contribution in [0.5, 0.6) is 0 Å². The molecule has 6 heteroatoms. The average Bonchev–Trinajstić information content (AvgIpc) is 2.46. The topological polar surface area (TPSA) is 62.3 Å². The molecule has 0 spiro atoms. The van der Waals surface area contributed by atoms with Gasteiger partial charge in [-0.1, -0.05) is 6.07 Å². The van der Waals surface area contributed by atoms with Crippen molar-refractivity contribution >= 4 is 10.0 Å². The predicted molar refractivity (Wildman–Crippen MR) is 80.0 cm³/mol. The molecule has 1 N–H and O–H groups in total. The van der Waals surface area contributed by atoms with Gasteiger partial charge in [-0.3, -0.25) is 4.98 Å². The van der Waals surface area contributed by atoms with Crippen molar-refractivity contribution in [2.45, 2.75) is 19.3 Å². The monoisotopic (exact) mass is 297 g/mol. The number of aromatic nitrogens is 1. The van der Waals surface area contributed by atoms with Gasteiger partial charge in [0.05, 0.1) is 5.75 Å². The summed E-state index contributed by atoms with van der Waals surface area (Å²) in [5, 5.41) is 3.26. The summed E-state index contributed by atoms with van der Waals surface area (Å²) >= 11 is 0. The molecule has 1 fully saturated rings. The summed E-state index contributed by atoms with van der Waals surface area (Å²) in [6, 6.07) is 5.70. The third-order valence-electron chi connectivity index (χ3n) is 3.73. The van der Waals surface area contributed by atoms with Crippen molar-refractivity contribution < 1.29 is 8.42 Å². The second kappa shape index (κ2) is 7.15. The van der Waals surface area contributed by atoms with E-state index < -0.39 is 10.0 Å². The zero-order valence-corrected chi connectivity index (χ0v) is 12.8. The first-order valence-corrected chi connectivity index (χ1v) is 8.73. The van der Waals surface area contributed by atoms with E-state index >= 15 is 0 Å². The highest BCUT2D eigenvalue weighted by molar-refractivity contribution is 7.89. The van der Waals surface area contributed by atoms with Gasteiger partial charge in [-0.15, -0.1) is 0 Å². The highest BCUT2D eigenvalue weighted by Crippen LogP contribution is 2.14. The largest absolute Gasteiger partial charge is 0.316 e. The maximum absolute atomic E-state index is 12.3. The molecule has 1 aliphatic rings. The van der Waals surface area contributed by atoms with Crippen molar-refractivity contribution in [2.24, 2.45) is 5.92 Å². The number of nitrogens with one attached hydrogen (secondary N) is 1. The fourth-order valence-electron chi connectivity index (χ4n) is 2.45. The number of sulfonamides is 1. The maximum atomic E-state index is 12.3. The summed E-state index contributed by atoms with van der Waals surface area (Å²) in [6.45, 7) is 2.30. The Morgan fingerprint density at radius 2 is 2.30 bits per heavy atom. The average molecular weight is 297 g/mol. The van der Waals surface area contributed by atoms with E-state index in [0.717, 1.165) is 31.6 Å². The van der Waals surface area contributed by atoms with E-state index in [-0.39, 0.29) is 11.7 Å². The van der Waals surface area contributed by atoms with E-state index in [9.17, 15) is 8.42 Å². The second-order valence-corrected chi connectivity index (χ2v) is 7.50. The van der Waals surface area contributed by atoms with Crippen LogP contribution in [0.3, 0.4) is 0 Å². The third-order valence-corrected chi connectivity index (χ3v) is 5.75. The summed E-state index contributed by atoms with van der Waals surface area (Å²) in [7, 11) is -1.50. The number of pyridine rings is 1. The molecule has 1 unspecified atom stereocenters. The minimum atomic E-state index is -3.16. The van der Waals surface area contributed by atoms with Gasteiger partial charge in [0.1, 0.15) is 0 Å². The molecule has 20 heavy (non-hydrogen) atoms. The molecule has 2 heterocycles. The van der Waals surface area contributed by atoms with Crippen LogP contribution >= 0.6 is 0 Å². The lowest BCUT2D eigenvalue weighted by Crippen LogP contribution is -2.39. The first kappa shape index (κ1) is 15.4. The number of hydrogen-bond donors (Lipinski definition) is 1. The van der Waals surface area contributed by atoms with Crippen molar-refractivity contribution in [1.82, 2.24) is 14.6 Å². The van der Waals surface area contributed by atoms with Crippen molar-refractivity contribution in [3.63, 3.8) is 0 Å². The minimum absolute atomic E-state index is 0.242. The summed E-state index contributed by atoms with van der Waals surface area (Å²) in [6.07, 6.45) is 4.45. The molecule has 0 radical (unpaired) electrons. The van der Waals surface area contributed by atoms with E-state index in [2.05, 4.69) is 10.3 Å². The Bertz CT molecular complexity index is 498. The number of hydrogen-bond acceptors (Lipinski definition) is 4. The molecule has 0 aliphatic carbocycles. The number of likely N-dealkylation sites (N-methyl/N-ethyl adjacent to an activating group) is 1. The Morgan fingerprint density at radius 3 is 2.95 bits per heavy atom. The molecule has 1 saturated heterocycles. The van der Waals surface area contributed by atoms with E-state index in [1.165, 1.54) is 4.31 Å². The lowest BCUT2D eigenvalue weighted by atomic mass is 10.0. The van der Waals surface area contributed by atoms with E-state index in [4.69, 9.17) is 0 Å². The van der Waals surface area contributed by atoms with Crippen LogP contribution in [0.1, 0.15) is 18.5 Å². The van der Waals surface area contributed by atoms with Crippen molar-refractivity contribution in [3.05, 3.63) is 30.1 Å². The first-order chi connectivity index (χ1) is 9.58. The van der Waals surface area contributed by atoms with Crippen LogP contribution in [-0.2, 0) is 16.4 Å². The zero-order valence-electron chi connectivity index (χ0n) is 12.0. The molecule has 2 rings (SSSR count).